The summed E-state index contributed by atoms with van der Waals surface area (Å²) in [4.78, 5) is 16.0. The predicted octanol–water partition coefficient (Wildman–Crippen LogP) is 1.91. The van der Waals surface area contributed by atoms with Crippen LogP contribution in [0.15, 0.2) is 42.0 Å². The zero-order chi connectivity index (χ0) is 28.9. The summed E-state index contributed by atoms with van der Waals surface area (Å²) < 4.78 is 31.0. The van der Waals surface area contributed by atoms with Gasteiger partial charge in [-0.3, -0.25) is 4.90 Å². The Kier molecular flexibility index (Phi) is 6.53. The molecule has 7 rings (SSSR count). The molecule has 5 fully saturated rings. The average molecular weight is 570 g/mol. The minimum absolute atomic E-state index is 0.0360. The summed E-state index contributed by atoms with van der Waals surface area (Å²) in [6.07, 6.45) is 0.461. The van der Waals surface area contributed by atoms with Crippen LogP contribution in [0.4, 0.5) is 0 Å². The van der Waals surface area contributed by atoms with Gasteiger partial charge in [0, 0.05) is 76.0 Å². The lowest BCUT2D eigenvalue weighted by Gasteiger charge is -2.68. The summed E-state index contributed by atoms with van der Waals surface area (Å²) >= 11 is 0. The number of ether oxygens (including phenoxy) is 5. The zero-order valence-corrected chi connectivity index (χ0v) is 24.6. The Morgan fingerprint density at radius 1 is 1.07 bits per heavy atom. The molecule has 224 valence electrons. The molecule has 7 bridgehead atoms. The normalized spacial score (nSPS) is 49.1. The fraction of sp³-hybridized carbons (Fsp3) is 0.719. The molecule has 9 heteroatoms. The van der Waals surface area contributed by atoms with Crippen molar-refractivity contribution in [3.8, 4) is 0 Å². The van der Waals surface area contributed by atoms with E-state index in [4.69, 9.17) is 23.7 Å². The van der Waals surface area contributed by atoms with Crippen molar-refractivity contribution < 1.29 is 38.7 Å². The highest BCUT2D eigenvalue weighted by atomic mass is 16.6. The molecular formula is C32H43NO8. The number of carbonyl (C=O) groups is 1. The van der Waals surface area contributed by atoms with E-state index in [1.165, 1.54) is 0 Å². The number of rotatable bonds is 8. The molecule has 13 unspecified atom stereocenters. The maximum atomic E-state index is 13.5. The molecule has 1 heterocycles. The average Bonchev–Trinajstić information content (AvgIpc) is 3.32. The molecule has 0 radical (unpaired) electrons. The van der Waals surface area contributed by atoms with Crippen LogP contribution < -0.4 is 0 Å². The van der Waals surface area contributed by atoms with Crippen molar-refractivity contribution in [1.82, 2.24) is 4.90 Å². The molecule has 0 amide bonds. The summed E-state index contributed by atoms with van der Waals surface area (Å²) in [5.41, 5.74) is -0.832. The molecule has 13 atom stereocenters. The highest BCUT2D eigenvalue weighted by Gasteiger charge is 2.85. The summed E-state index contributed by atoms with van der Waals surface area (Å²) in [6, 6.07) is 9.04. The van der Waals surface area contributed by atoms with Crippen LogP contribution in [0.2, 0.25) is 0 Å². The lowest BCUT2D eigenvalue weighted by Crippen LogP contribution is -2.76. The monoisotopic (exact) mass is 569 g/mol. The number of fused-ring (bicyclic) bond motifs is 2. The van der Waals surface area contributed by atoms with E-state index in [1.807, 2.05) is 18.2 Å². The molecule has 0 aromatic heterocycles. The van der Waals surface area contributed by atoms with Crippen LogP contribution in [0.25, 0.3) is 0 Å². The Bertz CT molecular complexity index is 1230. The van der Waals surface area contributed by atoms with Gasteiger partial charge in [0.25, 0.3) is 0 Å². The Morgan fingerprint density at radius 3 is 2.46 bits per heavy atom. The lowest BCUT2D eigenvalue weighted by molar-refractivity contribution is -0.275. The van der Waals surface area contributed by atoms with E-state index in [0.717, 1.165) is 12.1 Å². The quantitative estimate of drug-likeness (QED) is 0.359. The second kappa shape index (κ2) is 9.58. The zero-order valence-electron chi connectivity index (χ0n) is 24.6. The predicted molar refractivity (Wildman–Crippen MR) is 148 cm³/mol. The largest absolute Gasteiger partial charge is 0.455 e. The molecule has 4 saturated carbocycles. The van der Waals surface area contributed by atoms with Crippen molar-refractivity contribution in [1.29, 1.82) is 0 Å². The van der Waals surface area contributed by atoms with Crippen LogP contribution in [0.3, 0.4) is 0 Å². The molecule has 6 aliphatic rings. The van der Waals surface area contributed by atoms with Gasteiger partial charge < -0.3 is 33.9 Å². The number of carbonyl (C=O) groups excluding carboxylic acids is 1. The number of hydrogen-bond donors (Lipinski definition) is 2. The number of likely N-dealkylation sites (tertiary alicyclic amines) is 1. The fourth-order valence-corrected chi connectivity index (χ4v) is 11.2. The van der Waals surface area contributed by atoms with Crippen molar-refractivity contribution in [2.45, 2.75) is 61.9 Å². The van der Waals surface area contributed by atoms with Crippen LogP contribution in [-0.4, -0.2) is 111 Å². The summed E-state index contributed by atoms with van der Waals surface area (Å²) in [7, 11) is 6.82. The second-order valence-corrected chi connectivity index (χ2v) is 13.2. The number of benzene rings is 1. The number of methoxy groups -OCH3 is 4. The number of piperidine rings is 1. The SMILES string of the molecule is CCN1CC2(COC)C(O)CC(OC)C34C5CC6(O)C(OC)C=C(C5C6OC(=O)c5ccccc5)C(C(OC)C23)C14. The first kappa shape index (κ1) is 28.0. The van der Waals surface area contributed by atoms with E-state index in [9.17, 15) is 15.0 Å². The van der Waals surface area contributed by atoms with Crippen LogP contribution in [0.5, 0.6) is 0 Å². The summed E-state index contributed by atoms with van der Waals surface area (Å²) in [6.45, 7) is 4.08. The Balaban J connectivity index is 1.44. The third-order valence-corrected chi connectivity index (χ3v) is 12.2. The van der Waals surface area contributed by atoms with Gasteiger partial charge in [-0.2, -0.15) is 0 Å². The summed E-state index contributed by atoms with van der Waals surface area (Å²) in [5.74, 6) is -0.853. The van der Waals surface area contributed by atoms with Gasteiger partial charge in [0.15, 0.2) is 0 Å². The van der Waals surface area contributed by atoms with Crippen molar-refractivity contribution >= 4 is 5.97 Å². The van der Waals surface area contributed by atoms with Crippen molar-refractivity contribution in [3.05, 3.63) is 47.5 Å². The first-order valence-electron chi connectivity index (χ1n) is 15.0. The Morgan fingerprint density at radius 2 is 1.83 bits per heavy atom. The molecule has 2 N–H and O–H groups in total. The van der Waals surface area contributed by atoms with Gasteiger partial charge in [0.05, 0.1) is 30.5 Å². The van der Waals surface area contributed by atoms with E-state index < -0.39 is 40.7 Å². The van der Waals surface area contributed by atoms with Gasteiger partial charge in [-0.25, -0.2) is 4.79 Å². The number of aliphatic hydroxyl groups is 2. The van der Waals surface area contributed by atoms with Gasteiger partial charge in [0.1, 0.15) is 17.8 Å². The second-order valence-electron chi connectivity index (χ2n) is 13.2. The van der Waals surface area contributed by atoms with Gasteiger partial charge in [-0.15, -0.1) is 0 Å². The molecule has 1 saturated heterocycles. The maximum absolute atomic E-state index is 13.5. The van der Waals surface area contributed by atoms with E-state index in [1.54, 1.807) is 40.6 Å². The number of aliphatic hydroxyl groups excluding tert-OH is 1. The lowest BCUT2D eigenvalue weighted by atomic mass is 9.43. The van der Waals surface area contributed by atoms with E-state index in [2.05, 4.69) is 17.9 Å². The minimum Gasteiger partial charge on any atom is -0.455 e. The number of hydrogen-bond acceptors (Lipinski definition) is 9. The first-order valence-corrected chi connectivity index (χ1v) is 15.0. The van der Waals surface area contributed by atoms with Crippen LogP contribution in [0, 0.1) is 34.5 Å². The molecular weight excluding hydrogens is 526 g/mol. The third kappa shape index (κ3) is 3.23. The van der Waals surface area contributed by atoms with Crippen molar-refractivity contribution in [2.24, 2.45) is 34.5 Å². The number of esters is 1. The smallest absolute Gasteiger partial charge is 0.338 e. The Hall–Kier alpha value is -1.85. The summed E-state index contributed by atoms with van der Waals surface area (Å²) in [5, 5.41) is 24.4. The highest BCUT2D eigenvalue weighted by molar-refractivity contribution is 5.89. The van der Waals surface area contributed by atoms with E-state index in [0.29, 0.717) is 31.6 Å². The highest BCUT2D eigenvalue weighted by Crippen LogP contribution is 2.78. The van der Waals surface area contributed by atoms with E-state index >= 15 is 0 Å². The number of nitrogens with zero attached hydrogens (tertiary/aromatic N) is 1. The topological polar surface area (TPSA) is 107 Å². The standard InChI is InChI=1S/C32H43NO8/c1-6-33-15-30(16-37-2)20(34)13-22(39-4)32-19-14-31(36)21(38-3)12-18(24(27(32)33)25(40-5)26(30)32)23(19)28(31)41-29(35)17-10-8-7-9-11-17/h7-12,19-28,34,36H,6,13-16H2,1-5H3. The van der Waals surface area contributed by atoms with Gasteiger partial charge in [0.2, 0.25) is 0 Å². The molecule has 1 aromatic rings. The molecule has 1 aliphatic heterocycles. The molecule has 5 aliphatic carbocycles. The van der Waals surface area contributed by atoms with Gasteiger partial charge in [-0.1, -0.05) is 36.8 Å². The van der Waals surface area contributed by atoms with E-state index in [-0.39, 0.29) is 41.9 Å². The molecule has 1 aromatic carbocycles. The minimum atomic E-state index is -1.40. The molecule has 41 heavy (non-hydrogen) atoms. The van der Waals surface area contributed by atoms with Crippen LogP contribution in [0.1, 0.15) is 30.1 Å². The maximum Gasteiger partial charge on any atom is 0.338 e. The van der Waals surface area contributed by atoms with Gasteiger partial charge in [-0.05, 0) is 31.0 Å². The Labute approximate surface area is 241 Å². The van der Waals surface area contributed by atoms with Crippen molar-refractivity contribution in [3.63, 3.8) is 0 Å². The fourth-order valence-electron chi connectivity index (χ4n) is 11.2. The molecule has 1 spiro atoms. The molecule has 9 nitrogen and oxygen atoms in total. The first-order chi connectivity index (χ1) is 19.8. The van der Waals surface area contributed by atoms with Gasteiger partial charge >= 0.3 is 5.97 Å². The van der Waals surface area contributed by atoms with Crippen molar-refractivity contribution in [2.75, 3.05) is 48.1 Å². The third-order valence-electron chi connectivity index (χ3n) is 12.2. The van der Waals surface area contributed by atoms with Crippen LogP contribution >= 0.6 is 0 Å². The van der Waals surface area contributed by atoms with Crippen LogP contribution in [-0.2, 0) is 23.7 Å².